The Labute approximate surface area is 187 Å². The van der Waals surface area contributed by atoms with Crippen LogP contribution in [0.4, 0.5) is 0 Å². The van der Waals surface area contributed by atoms with E-state index < -0.39 is 24.1 Å². The zero-order valence-corrected chi connectivity index (χ0v) is 16.8. The Kier molecular flexibility index (Phi) is 6.31. The van der Waals surface area contributed by atoms with E-state index in [1.807, 2.05) is 18.2 Å². The van der Waals surface area contributed by atoms with Crippen LogP contribution >= 0.6 is 0 Å². The summed E-state index contributed by atoms with van der Waals surface area (Å²) in [5, 5.41) is 19.2. The molecule has 3 rings (SSSR count). The van der Waals surface area contributed by atoms with Crippen LogP contribution in [0.3, 0.4) is 0 Å². The zero-order chi connectivity index (χ0) is 24.6. The van der Waals surface area contributed by atoms with E-state index in [0.717, 1.165) is 0 Å². The summed E-state index contributed by atoms with van der Waals surface area (Å²) in [6, 6.07) is 29.7. The summed E-state index contributed by atoms with van der Waals surface area (Å²) < 4.78 is 25.9. The van der Waals surface area contributed by atoms with Crippen LogP contribution in [0.25, 0.3) is 11.6 Å². The second kappa shape index (κ2) is 11.1. The molecule has 3 nitrogen and oxygen atoms in total. The molecule has 3 heteroatoms. The van der Waals surface area contributed by atoms with Gasteiger partial charge in [0.05, 0.1) is 1.37 Å². The van der Waals surface area contributed by atoms with Crippen molar-refractivity contribution in [2.24, 2.45) is 0 Å². The third kappa shape index (κ3) is 6.13. The average Bonchev–Trinajstić information content (AvgIpc) is 2.87. The molecule has 0 saturated carbocycles. The molecule has 3 aromatic carbocycles. The highest BCUT2D eigenvalue weighted by Crippen LogP contribution is 2.34. The number of nitriles is 2. The van der Waals surface area contributed by atoms with Gasteiger partial charge < -0.3 is 0 Å². The van der Waals surface area contributed by atoms with Crippen LogP contribution in [0.2, 0.25) is 0 Å². The Morgan fingerprint density at radius 2 is 1.45 bits per heavy atom. The van der Waals surface area contributed by atoms with Crippen LogP contribution < -0.4 is 0 Å². The molecule has 0 aromatic heterocycles. The van der Waals surface area contributed by atoms with E-state index in [2.05, 4.69) is 0 Å². The standard InChI is InChI=1S/C28H22N2O/c29-20-26(21-30)28(24-14-8-3-9-15-24)19-25(23-12-6-2-7-13-23)18-27(31)17-16-22-10-4-1-5-11-22/h1-17,25H,18-19H2/b17-16+/i17D,18D2. The molecular weight excluding hydrogens is 380 g/mol. The van der Waals surface area contributed by atoms with E-state index in [4.69, 9.17) is 4.11 Å². The molecule has 0 heterocycles. The van der Waals surface area contributed by atoms with E-state index >= 15 is 0 Å². The lowest BCUT2D eigenvalue weighted by Gasteiger charge is -2.19. The van der Waals surface area contributed by atoms with Gasteiger partial charge in [0.15, 0.2) is 5.78 Å². The van der Waals surface area contributed by atoms with Gasteiger partial charge in [-0.2, -0.15) is 10.5 Å². The van der Waals surface area contributed by atoms with Crippen molar-refractivity contribution in [3.63, 3.8) is 0 Å². The van der Waals surface area contributed by atoms with Crippen molar-refractivity contribution >= 4 is 17.4 Å². The van der Waals surface area contributed by atoms with Crippen LogP contribution in [-0.2, 0) is 4.79 Å². The molecule has 31 heavy (non-hydrogen) atoms. The first-order valence-corrected chi connectivity index (χ1v) is 9.80. The summed E-state index contributed by atoms with van der Waals surface area (Å²) in [4.78, 5) is 13.2. The molecule has 1 unspecified atom stereocenters. The van der Waals surface area contributed by atoms with Gasteiger partial charge in [0, 0.05) is 9.11 Å². The van der Waals surface area contributed by atoms with E-state index in [0.29, 0.717) is 22.3 Å². The maximum absolute atomic E-state index is 13.2. The average molecular weight is 406 g/mol. The SMILES string of the molecule is [2H]/C(=C\c1ccccc1)C(=O)C([2H])([2H])C(CC(=C(C#N)C#N)c1ccccc1)c1ccccc1. The second-order valence-electron chi connectivity index (χ2n) is 6.78. The molecule has 0 radical (unpaired) electrons. The highest BCUT2D eigenvalue weighted by atomic mass is 16.1. The molecule has 0 bridgehead atoms. The van der Waals surface area contributed by atoms with Gasteiger partial charge in [-0.05, 0) is 40.7 Å². The van der Waals surface area contributed by atoms with E-state index in [1.165, 1.54) is 6.08 Å². The molecular formula is C28H22N2O. The van der Waals surface area contributed by atoms with Crippen molar-refractivity contribution in [1.82, 2.24) is 0 Å². The van der Waals surface area contributed by atoms with E-state index in [1.54, 1.807) is 84.9 Å². The van der Waals surface area contributed by atoms with Crippen LogP contribution in [0.1, 0.15) is 39.5 Å². The highest BCUT2D eigenvalue weighted by Gasteiger charge is 2.20. The maximum atomic E-state index is 13.2. The van der Waals surface area contributed by atoms with E-state index in [-0.39, 0.29) is 12.0 Å². The lowest BCUT2D eigenvalue weighted by atomic mass is 9.84. The Morgan fingerprint density at radius 3 is 2.03 bits per heavy atom. The zero-order valence-electron chi connectivity index (χ0n) is 19.8. The molecule has 1 atom stereocenters. The van der Waals surface area contributed by atoms with Crippen molar-refractivity contribution in [2.45, 2.75) is 18.7 Å². The molecule has 0 aliphatic rings. The largest absolute Gasteiger partial charge is 0.295 e. The Balaban J connectivity index is 2.10. The molecule has 0 N–H and O–H groups in total. The minimum atomic E-state index is -2.47. The summed E-state index contributed by atoms with van der Waals surface area (Å²) in [5.74, 6) is -1.99. The van der Waals surface area contributed by atoms with Crippen molar-refractivity contribution in [3.05, 3.63) is 119 Å². The second-order valence-corrected chi connectivity index (χ2v) is 6.78. The smallest absolute Gasteiger partial charge is 0.156 e. The fourth-order valence-corrected chi connectivity index (χ4v) is 3.20. The fraction of sp³-hybridized carbons (Fsp3) is 0.107. The minimum Gasteiger partial charge on any atom is -0.295 e. The number of allylic oxidation sites excluding steroid dienone is 3. The molecule has 0 saturated heterocycles. The van der Waals surface area contributed by atoms with Gasteiger partial charge in [-0.3, -0.25) is 4.79 Å². The third-order valence-electron chi connectivity index (χ3n) is 4.73. The van der Waals surface area contributed by atoms with Gasteiger partial charge in [-0.25, -0.2) is 0 Å². The van der Waals surface area contributed by atoms with Crippen molar-refractivity contribution < 1.29 is 8.91 Å². The molecule has 3 aromatic rings. The molecule has 0 aliphatic carbocycles. The maximum Gasteiger partial charge on any atom is 0.156 e. The first-order valence-electron chi connectivity index (χ1n) is 11.3. The van der Waals surface area contributed by atoms with Gasteiger partial charge in [0.1, 0.15) is 17.7 Å². The predicted octanol–water partition coefficient (Wildman–Crippen LogP) is 6.33. The summed E-state index contributed by atoms with van der Waals surface area (Å²) in [5.41, 5.74) is 1.98. The van der Waals surface area contributed by atoms with Crippen LogP contribution in [0.5, 0.6) is 0 Å². The number of ketones is 1. The van der Waals surface area contributed by atoms with Crippen LogP contribution in [0.15, 0.2) is 103 Å². The minimum absolute atomic E-state index is 0.0676. The van der Waals surface area contributed by atoms with Gasteiger partial charge in [-0.1, -0.05) is 97.1 Å². The van der Waals surface area contributed by atoms with Gasteiger partial charge >= 0.3 is 0 Å². The number of hydrogen-bond acceptors (Lipinski definition) is 3. The predicted molar refractivity (Wildman–Crippen MR) is 123 cm³/mol. The van der Waals surface area contributed by atoms with Gasteiger partial charge in [0.25, 0.3) is 0 Å². The summed E-state index contributed by atoms with van der Waals surface area (Å²) in [6.07, 6.45) is -1.20. The quantitative estimate of drug-likeness (QED) is 0.325. The monoisotopic (exact) mass is 405 g/mol. The fourth-order valence-electron chi connectivity index (χ4n) is 3.20. The van der Waals surface area contributed by atoms with Crippen molar-refractivity contribution in [1.29, 1.82) is 10.5 Å². The Hall–Kier alpha value is -4.21. The summed E-state index contributed by atoms with van der Waals surface area (Å²) in [6.45, 7) is 0. The topological polar surface area (TPSA) is 64.7 Å². The van der Waals surface area contributed by atoms with Crippen molar-refractivity contribution in [3.8, 4) is 12.1 Å². The molecule has 150 valence electrons. The van der Waals surface area contributed by atoms with E-state index in [9.17, 15) is 15.3 Å². The normalized spacial score (nSPS) is 13.5. The van der Waals surface area contributed by atoms with Crippen LogP contribution in [-0.4, -0.2) is 5.78 Å². The number of benzene rings is 3. The first-order chi connectivity index (χ1) is 16.4. The number of carbonyl (C=O) groups is 1. The van der Waals surface area contributed by atoms with Gasteiger partial charge in [-0.15, -0.1) is 0 Å². The molecule has 0 aliphatic heterocycles. The number of rotatable bonds is 8. The van der Waals surface area contributed by atoms with Crippen LogP contribution in [0, 0.1) is 22.7 Å². The lowest BCUT2D eigenvalue weighted by molar-refractivity contribution is -0.114. The highest BCUT2D eigenvalue weighted by molar-refractivity contribution is 5.94. The van der Waals surface area contributed by atoms with Crippen molar-refractivity contribution in [2.75, 3.05) is 0 Å². The number of hydrogen-bond donors (Lipinski definition) is 0. The van der Waals surface area contributed by atoms with Gasteiger partial charge in [0.2, 0.25) is 0 Å². The third-order valence-corrected chi connectivity index (χ3v) is 4.73. The summed E-state index contributed by atoms with van der Waals surface area (Å²) >= 11 is 0. The number of carbonyl (C=O) groups excluding carboxylic acids is 1. The Bertz CT molecular complexity index is 1270. The molecule has 0 amide bonds. The number of nitrogens with zero attached hydrogens (tertiary/aromatic N) is 2. The molecule has 0 fully saturated rings. The lowest BCUT2D eigenvalue weighted by Crippen LogP contribution is -2.07. The summed E-state index contributed by atoms with van der Waals surface area (Å²) in [7, 11) is 0. The first kappa shape index (κ1) is 17.6. The Morgan fingerprint density at radius 1 is 0.903 bits per heavy atom. The molecule has 0 spiro atoms.